The molecule has 0 saturated heterocycles. The molecule has 0 saturated carbocycles. The number of nitrogens with one attached hydrogen (secondary N) is 1. The maximum absolute atomic E-state index is 13.6. The Morgan fingerprint density at radius 3 is 1.77 bits per heavy atom. The van der Waals surface area contributed by atoms with Crippen LogP contribution in [0.3, 0.4) is 0 Å². The van der Waals surface area contributed by atoms with Crippen molar-refractivity contribution in [3.05, 3.63) is 53.8 Å². The molecule has 26 heavy (non-hydrogen) atoms. The molecule has 0 aromatic heterocycles. The van der Waals surface area contributed by atoms with Gasteiger partial charge in [0, 0.05) is 0 Å². The smallest absolute Gasteiger partial charge is 0.282 e. The maximum atomic E-state index is 13.6. The van der Waals surface area contributed by atoms with Gasteiger partial charge in [0.15, 0.2) is 16.5 Å². The van der Waals surface area contributed by atoms with Gasteiger partial charge in [0.25, 0.3) is 30.2 Å². The molecule has 0 bridgehead atoms. The highest BCUT2D eigenvalue weighted by Gasteiger charge is 2.34. The van der Waals surface area contributed by atoms with Crippen LogP contribution in [0.4, 0.5) is 13.2 Å². The van der Waals surface area contributed by atoms with Crippen molar-refractivity contribution in [2.75, 3.05) is 0 Å². The molecule has 2 rings (SSSR count). The van der Waals surface area contributed by atoms with Gasteiger partial charge in [-0.1, -0.05) is 12.1 Å². The van der Waals surface area contributed by atoms with Crippen LogP contribution in [-0.4, -0.2) is 29.8 Å². The molecule has 14 heteroatoms. The van der Waals surface area contributed by atoms with Crippen LogP contribution >= 0.6 is 0 Å². The van der Waals surface area contributed by atoms with Crippen molar-refractivity contribution in [3.63, 3.8) is 0 Å². The molecule has 0 unspecified atom stereocenters. The Hall–Kier alpha value is -2.00. The fraction of sp³-hybridized carbons (Fsp3) is 0. The average molecular weight is 431 g/mol. The highest BCUT2D eigenvalue weighted by Crippen LogP contribution is 2.25. The first kappa shape index (κ1) is 20.3. The molecule has 0 fully saturated rings. The Bertz CT molecular complexity index is 1190. The number of rotatable bonds is 5. The quantitative estimate of drug-likeness (QED) is 0.533. The second kappa shape index (κ2) is 6.62. The summed E-state index contributed by atoms with van der Waals surface area (Å²) in [7, 11) is -15.9. The SMILES string of the molecule is O=S(=O)(O)c1ccccc1S(=O)(=O)NS(=O)(=O)c1c(F)ccc(F)c1F. The Morgan fingerprint density at radius 2 is 1.23 bits per heavy atom. The largest absolute Gasteiger partial charge is 0.295 e. The first-order valence-corrected chi connectivity index (χ1v) is 10.7. The number of benzene rings is 2. The van der Waals surface area contributed by atoms with Gasteiger partial charge in [-0.25, -0.2) is 30.0 Å². The Morgan fingerprint density at radius 1 is 0.731 bits per heavy atom. The number of hydrogen-bond donors (Lipinski definition) is 2. The summed E-state index contributed by atoms with van der Waals surface area (Å²) < 4.78 is 121. The molecule has 0 atom stereocenters. The van der Waals surface area contributed by atoms with Crippen molar-refractivity contribution in [3.8, 4) is 0 Å². The maximum Gasteiger partial charge on any atom is 0.295 e. The number of hydrogen-bond acceptors (Lipinski definition) is 6. The van der Waals surface area contributed by atoms with Gasteiger partial charge in [0.1, 0.15) is 15.6 Å². The molecular weight excluding hydrogens is 423 g/mol. The molecular formula is C12H8F3NO7S3. The molecule has 8 nitrogen and oxygen atoms in total. The first-order valence-electron chi connectivity index (χ1n) is 6.26. The summed E-state index contributed by atoms with van der Waals surface area (Å²) in [6.45, 7) is 0. The second-order valence-corrected chi connectivity index (χ2v) is 9.60. The zero-order valence-corrected chi connectivity index (χ0v) is 14.7. The topological polar surface area (TPSA) is 135 Å². The van der Waals surface area contributed by atoms with E-state index in [1.54, 1.807) is 0 Å². The summed E-state index contributed by atoms with van der Waals surface area (Å²) in [5.41, 5.74) is 0. The third-order valence-electron chi connectivity index (χ3n) is 2.91. The third-order valence-corrected chi connectivity index (χ3v) is 7.55. The zero-order chi connectivity index (χ0) is 19.9. The predicted molar refractivity (Wildman–Crippen MR) is 80.1 cm³/mol. The van der Waals surface area contributed by atoms with Gasteiger partial charge in [0.2, 0.25) is 0 Å². The zero-order valence-electron chi connectivity index (χ0n) is 12.2. The molecule has 0 heterocycles. The van der Waals surface area contributed by atoms with E-state index in [9.17, 15) is 38.4 Å². The van der Waals surface area contributed by atoms with Crippen molar-refractivity contribution >= 4 is 30.2 Å². The summed E-state index contributed by atoms with van der Waals surface area (Å²) >= 11 is 0. The van der Waals surface area contributed by atoms with E-state index in [2.05, 4.69) is 0 Å². The van der Waals surface area contributed by atoms with E-state index in [1.165, 1.54) is 0 Å². The molecule has 0 aliphatic heterocycles. The minimum absolute atomic E-state index is 0.256. The molecule has 2 N–H and O–H groups in total. The highest BCUT2D eigenvalue weighted by atomic mass is 32.3. The van der Waals surface area contributed by atoms with Crippen LogP contribution in [0.5, 0.6) is 0 Å². The monoisotopic (exact) mass is 431 g/mol. The van der Waals surface area contributed by atoms with Gasteiger partial charge in [-0.05, 0) is 24.3 Å². The summed E-state index contributed by atoms with van der Waals surface area (Å²) in [5, 5.41) is 0. The summed E-state index contributed by atoms with van der Waals surface area (Å²) in [6, 6.07) is 3.85. The molecule has 2 aromatic carbocycles. The fourth-order valence-electron chi connectivity index (χ4n) is 1.87. The van der Waals surface area contributed by atoms with Gasteiger partial charge in [-0.3, -0.25) is 4.55 Å². The Kier molecular flexibility index (Phi) is 5.17. The van der Waals surface area contributed by atoms with E-state index < -0.39 is 62.3 Å². The molecule has 0 aliphatic rings. The predicted octanol–water partition coefficient (Wildman–Crippen LogP) is 1.02. The summed E-state index contributed by atoms with van der Waals surface area (Å²) in [6.07, 6.45) is 0. The van der Waals surface area contributed by atoms with Crippen LogP contribution < -0.4 is 4.13 Å². The molecule has 0 aliphatic carbocycles. The van der Waals surface area contributed by atoms with Crippen molar-refractivity contribution in [2.45, 2.75) is 14.7 Å². The van der Waals surface area contributed by atoms with Gasteiger partial charge < -0.3 is 0 Å². The Balaban J connectivity index is 2.64. The lowest BCUT2D eigenvalue weighted by atomic mass is 10.3. The fourth-order valence-corrected chi connectivity index (χ4v) is 6.19. The van der Waals surface area contributed by atoms with Crippen LogP contribution in [0.25, 0.3) is 0 Å². The minimum Gasteiger partial charge on any atom is -0.282 e. The summed E-state index contributed by atoms with van der Waals surface area (Å²) in [4.78, 5) is -4.29. The number of halogens is 3. The standard InChI is InChI=1S/C12H8F3NO7S3/c13-7-5-6-8(14)12(11(7)15)25(19,20)16-24(17,18)9-3-1-2-4-10(9)26(21,22)23/h1-6,16H,(H,21,22,23). The molecule has 2 aromatic rings. The van der Waals surface area contributed by atoms with E-state index in [0.717, 1.165) is 16.3 Å². The lowest BCUT2D eigenvalue weighted by Gasteiger charge is -2.11. The lowest BCUT2D eigenvalue weighted by Crippen LogP contribution is -2.33. The third kappa shape index (κ3) is 3.88. The van der Waals surface area contributed by atoms with E-state index in [-0.39, 0.29) is 12.1 Å². The van der Waals surface area contributed by atoms with Crippen LogP contribution in [0.2, 0.25) is 0 Å². The van der Waals surface area contributed by atoms with E-state index in [1.807, 2.05) is 0 Å². The van der Waals surface area contributed by atoms with Crippen molar-refractivity contribution in [2.24, 2.45) is 0 Å². The highest BCUT2D eigenvalue weighted by molar-refractivity contribution is 8.05. The summed E-state index contributed by atoms with van der Waals surface area (Å²) in [5.74, 6) is -5.71. The van der Waals surface area contributed by atoms with Gasteiger partial charge in [-0.2, -0.15) is 8.42 Å². The van der Waals surface area contributed by atoms with Gasteiger partial charge in [0.05, 0.1) is 0 Å². The van der Waals surface area contributed by atoms with Crippen LogP contribution in [0.15, 0.2) is 51.1 Å². The molecule has 142 valence electrons. The van der Waals surface area contributed by atoms with Gasteiger partial charge in [-0.15, -0.1) is 4.13 Å². The average Bonchev–Trinajstić information content (AvgIpc) is 2.49. The molecule has 0 radical (unpaired) electrons. The molecule has 0 spiro atoms. The van der Waals surface area contributed by atoms with Crippen LogP contribution in [0.1, 0.15) is 0 Å². The normalized spacial score (nSPS) is 12.9. The lowest BCUT2D eigenvalue weighted by molar-refractivity contribution is 0.458. The Labute approximate surface area is 146 Å². The van der Waals surface area contributed by atoms with Crippen LogP contribution in [-0.2, 0) is 30.2 Å². The van der Waals surface area contributed by atoms with Gasteiger partial charge >= 0.3 is 0 Å². The first-order chi connectivity index (χ1) is 11.8. The van der Waals surface area contributed by atoms with Crippen molar-refractivity contribution < 1.29 is 43.0 Å². The van der Waals surface area contributed by atoms with Crippen molar-refractivity contribution in [1.82, 2.24) is 4.13 Å². The second-order valence-electron chi connectivity index (χ2n) is 4.68. The van der Waals surface area contributed by atoms with Crippen LogP contribution in [0, 0.1) is 17.5 Å². The van der Waals surface area contributed by atoms with E-state index in [0.29, 0.717) is 12.1 Å². The van der Waals surface area contributed by atoms with E-state index in [4.69, 9.17) is 4.55 Å². The van der Waals surface area contributed by atoms with Crippen molar-refractivity contribution in [1.29, 1.82) is 0 Å². The molecule has 0 amide bonds. The minimum atomic E-state index is -5.52. The van der Waals surface area contributed by atoms with E-state index >= 15 is 0 Å². The number of sulfonamides is 2.